The maximum atomic E-state index is 13.7. The Balaban J connectivity index is 2.44. The van der Waals surface area contributed by atoms with Crippen molar-refractivity contribution in [2.24, 2.45) is 0 Å². The summed E-state index contributed by atoms with van der Waals surface area (Å²) in [6.07, 6.45) is 0. The fourth-order valence-corrected chi connectivity index (χ4v) is 2.73. The van der Waals surface area contributed by atoms with Crippen molar-refractivity contribution in [2.45, 2.75) is 6.92 Å². The molecule has 0 spiro atoms. The number of nitrogens with zero attached hydrogens (tertiary/aromatic N) is 2. The van der Waals surface area contributed by atoms with Gasteiger partial charge >= 0.3 is 0 Å². The van der Waals surface area contributed by atoms with E-state index in [2.05, 4.69) is 11.1 Å². The smallest absolute Gasteiger partial charge is 0.182 e. The number of fused-ring (bicyclic) bond motifs is 1. The fourth-order valence-electron chi connectivity index (χ4n) is 2.26. The summed E-state index contributed by atoms with van der Waals surface area (Å²) in [6, 6.07) is 10.2. The molecule has 1 aromatic heterocycles. The van der Waals surface area contributed by atoms with E-state index in [-0.39, 0.29) is 5.82 Å². The van der Waals surface area contributed by atoms with E-state index in [1.54, 1.807) is 35.8 Å². The molecule has 104 valence electrons. The molecule has 0 radical (unpaired) electrons. The zero-order valence-corrected chi connectivity index (χ0v) is 12.5. The summed E-state index contributed by atoms with van der Waals surface area (Å²) >= 11 is 11.3. The molecule has 0 saturated carbocycles. The number of nitriles is 1. The van der Waals surface area contributed by atoms with E-state index >= 15 is 0 Å². The minimum absolute atomic E-state index is 0.308. The zero-order chi connectivity index (χ0) is 15.1. The standard InChI is InChI=1S/C15H9ClFN3S/c1-8-4-14-12(6-11(8)17)19-15(21)20(14)13-5-10(16)3-2-9(13)7-18/h2-6H,1H3,(H,19,21). The van der Waals surface area contributed by atoms with Crippen molar-refractivity contribution < 1.29 is 4.39 Å². The van der Waals surface area contributed by atoms with Crippen LogP contribution >= 0.6 is 23.8 Å². The predicted molar refractivity (Wildman–Crippen MR) is 82.9 cm³/mol. The number of hydrogen-bond acceptors (Lipinski definition) is 2. The third-order valence-electron chi connectivity index (χ3n) is 3.28. The first-order valence-corrected chi connectivity index (χ1v) is 6.91. The molecule has 0 aliphatic carbocycles. The van der Waals surface area contributed by atoms with Crippen LogP contribution in [-0.4, -0.2) is 9.55 Å². The molecule has 0 aliphatic rings. The molecule has 0 bridgehead atoms. The molecule has 1 N–H and O–H groups in total. The molecule has 21 heavy (non-hydrogen) atoms. The summed E-state index contributed by atoms with van der Waals surface area (Å²) in [5.41, 5.74) is 2.81. The van der Waals surface area contributed by atoms with Crippen LogP contribution in [0.2, 0.25) is 5.02 Å². The highest BCUT2D eigenvalue weighted by atomic mass is 35.5. The van der Waals surface area contributed by atoms with Crippen molar-refractivity contribution in [3.8, 4) is 11.8 Å². The molecule has 0 aliphatic heterocycles. The maximum Gasteiger partial charge on any atom is 0.182 e. The lowest BCUT2D eigenvalue weighted by atomic mass is 10.1. The Bertz CT molecular complexity index is 965. The zero-order valence-electron chi connectivity index (χ0n) is 10.9. The Morgan fingerprint density at radius 1 is 1.33 bits per heavy atom. The van der Waals surface area contributed by atoms with E-state index in [4.69, 9.17) is 23.8 Å². The molecular weight excluding hydrogens is 309 g/mol. The quantitative estimate of drug-likeness (QED) is 0.663. The number of aromatic amines is 1. The second-order valence-electron chi connectivity index (χ2n) is 4.66. The molecule has 6 heteroatoms. The van der Waals surface area contributed by atoms with E-state index in [9.17, 15) is 9.65 Å². The van der Waals surface area contributed by atoms with Crippen molar-refractivity contribution in [1.29, 1.82) is 5.26 Å². The van der Waals surface area contributed by atoms with Gasteiger partial charge in [0.2, 0.25) is 0 Å². The summed E-state index contributed by atoms with van der Waals surface area (Å²) in [6.45, 7) is 1.68. The lowest BCUT2D eigenvalue weighted by molar-refractivity contribution is 0.620. The van der Waals surface area contributed by atoms with E-state index in [1.165, 1.54) is 6.07 Å². The topological polar surface area (TPSA) is 44.5 Å². The van der Waals surface area contributed by atoms with Crippen molar-refractivity contribution in [1.82, 2.24) is 9.55 Å². The van der Waals surface area contributed by atoms with Gasteiger partial charge < -0.3 is 4.98 Å². The van der Waals surface area contributed by atoms with Crippen LogP contribution in [0, 0.1) is 28.8 Å². The normalized spacial score (nSPS) is 10.8. The molecule has 0 atom stereocenters. The second-order valence-corrected chi connectivity index (χ2v) is 5.48. The number of aryl methyl sites for hydroxylation is 1. The number of rotatable bonds is 1. The van der Waals surface area contributed by atoms with Crippen LogP contribution < -0.4 is 0 Å². The Kier molecular flexibility index (Phi) is 3.28. The predicted octanol–water partition coefficient (Wildman–Crippen LogP) is 4.66. The first kappa shape index (κ1) is 13.8. The lowest BCUT2D eigenvalue weighted by Crippen LogP contribution is -1.98. The van der Waals surface area contributed by atoms with Gasteiger partial charge in [-0.25, -0.2) is 4.39 Å². The number of nitrogens with one attached hydrogen (secondary N) is 1. The van der Waals surface area contributed by atoms with Crippen LogP contribution in [-0.2, 0) is 0 Å². The van der Waals surface area contributed by atoms with Crippen molar-refractivity contribution in [2.75, 3.05) is 0 Å². The highest BCUT2D eigenvalue weighted by Gasteiger charge is 2.13. The van der Waals surface area contributed by atoms with Crippen LogP contribution in [0.25, 0.3) is 16.7 Å². The van der Waals surface area contributed by atoms with Gasteiger partial charge in [0, 0.05) is 5.02 Å². The molecule has 1 heterocycles. The number of benzene rings is 2. The van der Waals surface area contributed by atoms with Gasteiger partial charge in [-0.2, -0.15) is 5.26 Å². The number of halogens is 2. The van der Waals surface area contributed by atoms with Gasteiger partial charge in [0.25, 0.3) is 0 Å². The molecular formula is C15H9ClFN3S. The minimum atomic E-state index is -0.308. The molecule has 2 aromatic carbocycles. The van der Waals surface area contributed by atoms with Gasteiger partial charge in [0.15, 0.2) is 4.77 Å². The first-order chi connectivity index (χ1) is 10.0. The molecule has 0 unspecified atom stereocenters. The van der Waals surface area contributed by atoms with E-state index in [0.29, 0.717) is 37.6 Å². The van der Waals surface area contributed by atoms with Gasteiger partial charge in [-0.05, 0) is 55.0 Å². The first-order valence-electron chi connectivity index (χ1n) is 6.12. The Labute approximate surface area is 130 Å². The molecule has 3 aromatic rings. The van der Waals surface area contributed by atoms with Gasteiger partial charge in [0.05, 0.1) is 22.3 Å². The number of imidazole rings is 1. The van der Waals surface area contributed by atoms with Gasteiger partial charge in [-0.3, -0.25) is 4.57 Å². The number of aromatic nitrogens is 2. The largest absolute Gasteiger partial charge is 0.330 e. The molecule has 0 fully saturated rings. The van der Waals surface area contributed by atoms with Crippen LogP contribution in [0.5, 0.6) is 0 Å². The van der Waals surface area contributed by atoms with E-state index in [1.807, 2.05) is 0 Å². The summed E-state index contributed by atoms with van der Waals surface area (Å²) in [5, 5.41) is 9.76. The molecule has 0 amide bonds. The van der Waals surface area contributed by atoms with Gasteiger partial charge in [0.1, 0.15) is 11.9 Å². The van der Waals surface area contributed by atoms with E-state index < -0.39 is 0 Å². The molecule has 0 saturated heterocycles. The monoisotopic (exact) mass is 317 g/mol. The minimum Gasteiger partial charge on any atom is -0.330 e. The van der Waals surface area contributed by atoms with Crippen LogP contribution in [0.15, 0.2) is 30.3 Å². The van der Waals surface area contributed by atoms with Gasteiger partial charge in [-0.15, -0.1) is 0 Å². The van der Waals surface area contributed by atoms with Crippen LogP contribution in [0.3, 0.4) is 0 Å². The molecule has 3 rings (SSSR count). The third kappa shape index (κ3) is 2.23. The number of hydrogen-bond donors (Lipinski definition) is 1. The second kappa shape index (κ2) is 4.99. The Morgan fingerprint density at radius 2 is 2.10 bits per heavy atom. The highest BCUT2D eigenvalue weighted by molar-refractivity contribution is 7.71. The SMILES string of the molecule is Cc1cc2c(cc1F)[nH]c(=S)n2-c1cc(Cl)ccc1C#N. The fraction of sp³-hybridized carbons (Fsp3) is 0.0667. The average molecular weight is 318 g/mol. The molecule has 3 nitrogen and oxygen atoms in total. The summed E-state index contributed by atoms with van der Waals surface area (Å²) in [7, 11) is 0. The third-order valence-corrected chi connectivity index (χ3v) is 3.80. The number of H-pyrrole nitrogens is 1. The van der Waals surface area contributed by atoms with Crippen molar-refractivity contribution in [3.63, 3.8) is 0 Å². The van der Waals surface area contributed by atoms with E-state index in [0.717, 1.165) is 0 Å². The summed E-state index contributed by atoms with van der Waals surface area (Å²) in [5.74, 6) is -0.308. The van der Waals surface area contributed by atoms with Crippen molar-refractivity contribution >= 4 is 34.9 Å². The van der Waals surface area contributed by atoms with Crippen LogP contribution in [0.1, 0.15) is 11.1 Å². The maximum absolute atomic E-state index is 13.7. The summed E-state index contributed by atoms with van der Waals surface area (Å²) in [4.78, 5) is 2.95. The Morgan fingerprint density at radius 3 is 2.81 bits per heavy atom. The van der Waals surface area contributed by atoms with Gasteiger partial charge in [-0.1, -0.05) is 11.6 Å². The highest BCUT2D eigenvalue weighted by Crippen LogP contribution is 2.26. The summed E-state index contributed by atoms with van der Waals surface area (Å²) < 4.78 is 15.7. The Hall–Kier alpha value is -2.16. The average Bonchev–Trinajstić information content (AvgIpc) is 2.74. The van der Waals surface area contributed by atoms with Crippen molar-refractivity contribution in [3.05, 3.63) is 57.1 Å². The van der Waals surface area contributed by atoms with Crippen LogP contribution in [0.4, 0.5) is 4.39 Å². The lowest BCUT2D eigenvalue weighted by Gasteiger charge is -2.08.